The van der Waals surface area contributed by atoms with Crippen LogP contribution in [0.4, 0.5) is 8.78 Å². The summed E-state index contributed by atoms with van der Waals surface area (Å²) in [6, 6.07) is 11.7. The molecule has 3 rings (SSSR count). The summed E-state index contributed by atoms with van der Waals surface area (Å²) in [5.41, 5.74) is 1.77. The van der Waals surface area contributed by atoms with Crippen LogP contribution in [-0.4, -0.2) is 30.1 Å². The summed E-state index contributed by atoms with van der Waals surface area (Å²) < 4.78 is 47.6. The van der Waals surface area contributed by atoms with E-state index in [0.29, 0.717) is 5.82 Å². The number of alkyl halides is 2. The first-order valence-electron chi connectivity index (χ1n) is 7.22. The first kappa shape index (κ1) is 17.0. The van der Waals surface area contributed by atoms with E-state index in [1.165, 1.54) is 12.1 Å². The number of fused-ring (bicyclic) bond motifs is 1. The largest absolute Gasteiger partial charge is 0.345 e. The van der Waals surface area contributed by atoms with Gasteiger partial charge in [-0.2, -0.15) is 8.78 Å². The zero-order valence-electron chi connectivity index (χ0n) is 12.7. The van der Waals surface area contributed by atoms with Crippen LogP contribution in [-0.2, 0) is 16.4 Å². The average Bonchev–Trinajstić information content (AvgIpc) is 3.02. The van der Waals surface area contributed by atoms with E-state index in [9.17, 15) is 22.0 Å². The number of amides is 1. The van der Waals surface area contributed by atoms with Crippen LogP contribution in [0.15, 0.2) is 53.4 Å². The Hall–Kier alpha value is -2.81. The van der Waals surface area contributed by atoms with Crippen molar-refractivity contribution in [2.45, 2.75) is 17.2 Å². The van der Waals surface area contributed by atoms with Crippen LogP contribution in [0.25, 0.3) is 11.0 Å². The molecule has 0 aliphatic heterocycles. The predicted molar refractivity (Wildman–Crippen MR) is 86.9 cm³/mol. The maximum Gasteiger partial charge on any atom is 0.341 e. The number of rotatable bonds is 5. The topological polar surface area (TPSA) is 91.9 Å². The van der Waals surface area contributed by atoms with Crippen molar-refractivity contribution in [3.8, 4) is 0 Å². The van der Waals surface area contributed by atoms with E-state index in [1.54, 1.807) is 0 Å². The number of carbonyl (C=O) groups is 1. The van der Waals surface area contributed by atoms with Gasteiger partial charge in [0.05, 0.1) is 22.5 Å². The smallest absolute Gasteiger partial charge is 0.341 e. The Morgan fingerprint density at radius 1 is 1.12 bits per heavy atom. The van der Waals surface area contributed by atoms with E-state index in [-0.39, 0.29) is 12.1 Å². The molecule has 0 unspecified atom stereocenters. The lowest BCUT2D eigenvalue weighted by Crippen LogP contribution is -2.23. The minimum Gasteiger partial charge on any atom is -0.345 e. The number of benzene rings is 2. The molecule has 6 nitrogen and oxygen atoms in total. The third-order valence-corrected chi connectivity index (χ3v) is 4.93. The number of para-hydroxylation sites is 2. The third-order valence-electron chi connectivity index (χ3n) is 3.53. The summed E-state index contributed by atoms with van der Waals surface area (Å²) in [4.78, 5) is 18.9. The quantitative estimate of drug-likeness (QED) is 0.727. The predicted octanol–water partition coefficient (Wildman–Crippen LogP) is 2.49. The van der Waals surface area contributed by atoms with Crippen molar-refractivity contribution in [3.05, 3.63) is 59.9 Å². The average molecular weight is 365 g/mol. The molecule has 0 spiro atoms. The number of nitrogens with zero attached hydrogens (tertiary/aromatic N) is 1. The normalized spacial score (nSPS) is 11.8. The molecule has 0 aliphatic carbocycles. The minimum absolute atomic E-state index is 0.143. The number of carbonyl (C=O) groups excluding carboxylic acids is 1. The summed E-state index contributed by atoms with van der Waals surface area (Å²) in [6.07, 6.45) is 0. The van der Waals surface area contributed by atoms with Crippen molar-refractivity contribution in [1.29, 1.82) is 0 Å². The van der Waals surface area contributed by atoms with Crippen LogP contribution in [0.5, 0.6) is 0 Å². The Bertz CT molecular complexity index is 982. The van der Waals surface area contributed by atoms with E-state index >= 15 is 0 Å². The van der Waals surface area contributed by atoms with Crippen molar-refractivity contribution in [2.24, 2.45) is 0 Å². The molecule has 0 saturated carbocycles. The molecule has 25 heavy (non-hydrogen) atoms. The molecule has 0 fully saturated rings. The van der Waals surface area contributed by atoms with E-state index in [4.69, 9.17) is 0 Å². The molecule has 0 bridgehead atoms. The molecule has 1 amide bonds. The number of imidazole rings is 1. The minimum atomic E-state index is -4.67. The molecule has 1 heterocycles. The molecule has 1 aromatic heterocycles. The Morgan fingerprint density at radius 3 is 2.44 bits per heavy atom. The highest BCUT2D eigenvalue weighted by molar-refractivity contribution is 7.91. The molecule has 0 aliphatic rings. The summed E-state index contributed by atoms with van der Waals surface area (Å²) in [5.74, 6) is -3.41. The van der Waals surface area contributed by atoms with Crippen molar-refractivity contribution in [3.63, 3.8) is 0 Å². The molecule has 0 atom stereocenters. The number of H-pyrrole nitrogens is 1. The fraction of sp³-hybridized carbons (Fsp3) is 0.125. The number of sulfone groups is 1. The van der Waals surface area contributed by atoms with Crippen molar-refractivity contribution in [1.82, 2.24) is 15.3 Å². The molecular formula is C16H13F2N3O3S. The van der Waals surface area contributed by atoms with E-state index < -0.39 is 26.4 Å². The highest BCUT2D eigenvalue weighted by atomic mass is 32.2. The second kappa shape index (κ2) is 6.60. The maximum atomic E-state index is 12.5. The van der Waals surface area contributed by atoms with Crippen LogP contribution in [0.1, 0.15) is 16.2 Å². The van der Waals surface area contributed by atoms with Gasteiger partial charge in [-0.25, -0.2) is 13.4 Å². The van der Waals surface area contributed by atoms with Gasteiger partial charge in [-0.05, 0) is 36.4 Å². The Kier molecular flexibility index (Phi) is 4.49. The first-order chi connectivity index (χ1) is 11.9. The number of hydrogen-bond donors (Lipinski definition) is 2. The van der Waals surface area contributed by atoms with Gasteiger partial charge >= 0.3 is 5.76 Å². The van der Waals surface area contributed by atoms with Gasteiger partial charge in [0.2, 0.25) is 9.84 Å². The van der Waals surface area contributed by atoms with Crippen LogP contribution in [0.2, 0.25) is 0 Å². The highest BCUT2D eigenvalue weighted by Gasteiger charge is 2.26. The summed E-state index contributed by atoms with van der Waals surface area (Å²) in [6.45, 7) is 0.143. The van der Waals surface area contributed by atoms with Crippen molar-refractivity contribution < 1.29 is 22.0 Å². The summed E-state index contributed by atoms with van der Waals surface area (Å²) in [5, 5.41) is 2.63. The molecule has 0 saturated heterocycles. The third kappa shape index (κ3) is 3.50. The standard InChI is InChI=1S/C16H13F2N3O3S/c17-16(18)25(23,24)11-7-5-10(6-8-11)15(22)19-9-14-20-12-3-1-2-4-13(12)21-14/h1-8,16H,9H2,(H,19,22)(H,20,21). The monoisotopic (exact) mass is 365 g/mol. The number of hydrogen-bond acceptors (Lipinski definition) is 4. The van der Waals surface area contributed by atoms with Crippen LogP contribution < -0.4 is 5.32 Å². The van der Waals surface area contributed by atoms with Gasteiger partial charge in [-0.15, -0.1) is 0 Å². The van der Waals surface area contributed by atoms with Crippen LogP contribution in [0.3, 0.4) is 0 Å². The van der Waals surface area contributed by atoms with E-state index in [0.717, 1.165) is 23.2 Å². The number of aromatic nitrogens is 2. The molecule has 2 aromatic carbocycles. The SMILES string of the molecule is O=C(NCc1nc2ccccc2[nH]1)c1ccc(S(=O)(=O)C(F)F)cc1. The van der Waals surface area contributed by atoms with Gasteiger partial charge in [0.1, 0.15) is 5.82 Å². The zero-order chi connectivity index (χ0) is 18.0. The van der Waals surface area contributed by atoms with E-state index in [1.807, 2.05) is 24.3 Å². The second-order valence-corrected chi connectivity index (χ2v) is 7.13. The highest BCUT2D eigenvalue weighted by Crippen LogP contribution is 2.18. The van der Waals surface area contributed by atoms with Crippen LogP contribution >= 0.6 is 0 Å². The van der Waals surface area contributed by atoms with Gasteiger partial charge < -0.3 is 10.3 Å². The lowest BCUT2D eigenvalue weighted by atomic mass is 10.2. The van der Waals surface area contributed by atoms with Gasteiger partial charge in [-0.1, -0.05) is 12.1 Å². The number of halogens is 2. The molecular weight excluding hydrogens is 352 g/mol. The van der Waals surface area contributed by atoms with E-state index in [2.05, 4.69) is 15.3 Å². The van der Waals surface area contributed by atoms with Gasteiger partial charge in [0.25, 0.3) is 5.91 Å². The van der Waals surface area contributed by atoms with Crippen molar-refractivity contribution >= 4 is 26.8 Å². The lowest BCUT2D eigenvalue weighted by Gasteiger charge is -2.06. The molecule has 130 valence electrons. The Morgan fingerprint density at radius 2 is 1.80 bits per heavy atom. The van der Waals surface area contributed by atoms with Gasteiger partial charge in [-0.3, -0.25) is 4.79 Å². The molecule has 3 aromatic rings. The van der Waals surface area contributed by atoms with Crippen molar-refractivity contribution in [2.75, 3.05) is 0 Å². The van der Waals surface area contributed by atoms with Gasteiger partial charge in [0, 0.05) is 5.56 Å². The molecule has 2 N–H and O–H groups in total. The molecule has 0 radical (unpaired) electrons. The zero-order valence-corrected chi connectivity index (χ0v) is 13.6. The number of nitrogens with one attached hydrogen (secondary N) is 2. The van der Waals surface area contributed by atoms with Crippen LogP contribution in [0, 0.1) is 0 Å². The fourth-order valence-corrected chi connectivity index (χ4v) is 2.98. The summed E-state index contributed by atoms with van der Waals surface area (Å²) in [7, 11) is -4.67. The second-order valence-electron chi connectivity index (χ2n) is 5.21. The molecule has 9 heteroatoms. The Balaban J connectivity index is 1.69. The lowest BCUT2D eigenvalue weighted by molar-refractivity contribution is 0.0950. The Labute approximate surface area is 141 Å². The summed E-state index contributed by atoms with van der Waals surface area (Å²) >= 11 is 0. The van der Waals surface area contributed by atoms with Gasteiger partial charge in [0.15, 0.2) is 0 Å². The fourth-order valence-electron chi connectivity index (χ4n) is 2.25. The first-order valence-corrected chi connectivity index (χ1v) is 8.76. The maximum absolute atomic E-state index is 12.5. The number of aromatic amines is 1.